The summed E-state index contributed by atoms with van der Waals surface area (Å²) in [6.07, 6.45) is 2.04. The second kappa shape index (κ2) is 5.41. The van der Waals surface area contributed by atoms with Crippen molar-refractivity contribution in [2.45, 2.75) is 0 Å². The van der Waals surface area contributed by atoms with Crippen LogP contribution in [0.4, 0.5) is 5.69 Å². The lowest BCUT2D eigenvalue weighted by molar-refractivity contribution is 0.415. The summed E-state index contributed by atoms with van der Waals surface area (Å²) >= 11 is 3.55. The van der Waals surface area contributed by atoms with Crippen molar-refractivity contribution in [3.63, 3.8) is 0 Å². The van der Waals surface area contributed by atoms with Crippen LogP contribution in [0.15, 0.2) is 47.2 Å². The van der Waals surface area contributed by atoms with E-state index in [4.69, 9.17) is 4.74 Å². The molecule has 0 fully saturated rings. The van der Waals surface area contributed by atoms with Gasteiger partial charge >= 0.3 is 0 Å². The van der Waals surface area contributed by atoms with Gasteiger partial charge in [0, 0.05) is 31.5 Å². The van der Waals surface area contributed by atoms with Gasteiger partial charge in [0.1, 0.15) is 16.2 Å². The maximum Gasteiger partial charge on any atom is 0.145 e. The first-order valence-electron chi connectivity index (χ1n) is 6.59. The highest BCUT2D eigenvalue weighted by Gasteiger charge is 2.12. The van der Waals surface area contributed by atoms with Gasteiger partial charge in [-0.1, -0.05) is 0 Å². The number of benzene rings is 1. The predicted octanol–water partition coefficient (Wildman–Crippen LogP) is 3.84. The molecule has 21 heavy (non-hydrogen) atoms. The van der Waals surface area contributed by atoms with E-state index in [1.807, 2.05) is 44.6 Å². The zero-order valence-electron chi connectivity index (χ0n) is 12.2. The van der Waals surface area contributed by atoms with Crippen molar-refractivity contribution in [3.05, 3.63) is 47.2 Å². The molecule has 108 valence electrons. The Hall–Kier alpha value is -2.01. The lowest BCUT2D eigenvalue weighted by Crippen LogP contribution is -2.08. The molecule has 3 aromatic rings. The quantitative estimate of drug-likeness (QED) is 0.722. The Morgan fingerprint density at radius 3 is 2.48 bits per heavy atom. The van der Waals surface area contributed by atoms with E-state index in [2.05, 4.69) is 42.3 Å². The fourth-order valence-corrected chi connectivity index (χ4v) is 2.73. The number of methoxy groups -OCH3 is 1. The van der Waals surface area contributed by atoms with Crippen LogP contribution in [0.3, 0.4) is 0 Å². The monoisotopic (exact) mass is 345 g/mol. The van der Waals surface area contributed by atoms with Gasteiger partial charge in [0.25, 0.3) is 0 Å². The van der Waals surface area contributed by atoms with Crippen molar-refractivity contribution in [3.8, 4) is 17.1 Å². The van der Waals surface area contributed by atoms with Crippen LogP contribution in [0.1, 0.15) is 0 Å². The normalized spacial score (nSPS) is 10.9. The average molecular weight is 346 g/mol. The average Bonchev–Trinajstić information content (AvgIpc) is 2.84. The molecular weight excluding hydrogens is 330 g/mol. The van der Waals surface area contributed by atoms with Gasteiger partial charge in [0.2, 0.25) is 0 Å². The summed E-state index contributed by atoms with van der Waals surface area (Å²) in [7, 11) is 5.72. The summed E-state index contributed by atoms with van der Waals surface area (Å²) in [5.41, 5.74) is 3.24. The molecule has 0 saturated heterocycles. The summed E-state index contributed by atoms with van der Waals surface area (Å²) in [6.45, 7) is 0. The molecule has 0 spiro atoms. The van der Waals surface area contributed by atoms with E-state index in [1.54, 1.807) is 7.11 Å². The Morgan fingerprint density at radius 2 is 1.86 bits per heavy atom. The molecule has 5 heteroatoms. The number of anilines is 1. The number of rotatable bonds is 3. The number of hydrogen-bond donors (Lipinski definition) is 0. The lowest BCUT2D eigenvalue weighted by atomic mass is 10.2. The summed E-state index contributed by atoms with van der Waals surface area (Å²) in [5.74, 6) is 1.75. The van der Waals surface area contributed by atoms with Crippen LogP contribution in [0.25, 0.3) is 16.9 Å². The molecule has 1 aromatic carbocycles. The number of halogens is 1. The Morgan fingerprint density at radius 1 is 1.14 bits per heavy atom. The Bertz CT molecular complexity index is 778. The van der Waals surface area contributed by atoms with Crippen molar-refractivity contribution >= 4 is 27.1 Å². The summed E-state index contributed by atoms with van der Waals surface area (Å²) in [4.78, 5) is 6.71. The van der Waals surface area contributed by atoms with Crippen molar-refractivity contribution in [2.75, 3.05) is 26.1 Å². The van der Waals surface area contributed by atoms with E-state index in [0.717, 1.165) is 32.9 Å². The van der Waals surface area contributed by atoms with Crippen LogP contribution in [0.5, 0.6) is 5.75 Å². The van der Waals surface area contributed by atoms with Gasteiger partial charge in [0.05, 0.1) is 12.6 Å². The molecule has 0 atom stereocenters. The maximum atomic E-state index is 5.20. The zero-order valence-corrected chi connectivity index (χ0v) is 13.8. The smallest absolute Gasteiger partial charge is 0.145 e. The first-order chi connectivity index (χ1) is 10.1. The van der Waals surface area contributed by atoms with Gasteiger partial charge in [0.15, 0.2) is 0 Å². The van der Waals surface area contributed by atoms with Crippen LogP contribution < -0.4 is 9.64 Å². The minimum Gasteiger partial charge on any atom is -0.497 e. The summed E-state index contributed by atoms with van der Waals surface area (Å²) in [5, 5.41) is 0. The molecule has 0 amide bonds. The number of hydrogen-bond acceptors (Lipinski definition) is 3. The molecule has 2 heterocycles. The molecule has 0 N–H and O–H groups in total. The molecule has 0 aliphatic carbocycles. The Balaban J connectivity index is 2.14. The lowest BCUT2D eigenvalue weighted by Gasteiger charge is -2.12. The highest BCUT2D eigenvalue weighted by atomic mass is 79.9. The number of ether oxygens (including phenoxy) is 1. The Labute approximate surface area is 132 Å². The van der Waals surface area contributed by atoms with E-state index in [0.29, 0.717) is 0 Å². The van der Waals surface area contributed by atoms with Gasteiger partial charge in [-0.05, 0) is 52.3 Å². The zero-order chi connectivity index (χ0) is 15.0. The van der Waals surface area contributed by atoms with E-state index >= 15 is 0 Å². The van der Waals surface area contributed by atoms with Crippen molar-refractivity contribution < 1.29 is 4.74 Å². The first-order valence-corrected chi connectivity index (χ1v) is 7.39. The molecular formula is C16H16BrN3O. The van der Waals surface area contributed by atoms with Crippen molar-refractivity contribution in [1.29, 1.82) is 0 Å². The maximum absolute atomic E-state index is 5.20. The predicted molar refractivity (Wildman–Crippen MR) is 89.2 cm³/mol. The number of imidazole rings is 1. The number of fused-ring (bicyclic) bond motifs is 1. The Kier molecular flexibility index (Phi) is 3.59. The van der Waals surface area contributed by atoms with Gasteiger partial charge in [-0.3, -0.25) is 4.40 Å². The van der Waals surface area contributed by atoms with E-state index in [9.17, 15) is 0 Å². The molecule has 0 saturated carbocycles. The molecule has 4 nitrogen and oxygen atoms in total. The van der Waals surface area contributed by atoms with Crippen LogP contribution >= 0.6 is 15.9 Å². The molecule has 0 bridgehead atoms. The fraction of sp³-hybridized carbons (Fsp3) is 0.188. The van der Waals surface area contributed by atoms with Crippen LogP contribution in [0.2, 0.25) is 0 Å². The van der Waals surface area contributed by atoms with E-state index < -0.39 is 0 Å². The topological polar surface area (TPSA) is 29.8 Å². The fourth-order valence-electron chi connectivity index (χ4n) is 2.26. The van der Waals surface area contributed by atoms with Gasteiger partial charge < -0.3 is 9.64 Å². The minimum absolute atomic E-state index is 0.841. The van der Waals surface area contributed by atoms with E-state index in [1.165, 1.54) is 0 Å². The van der Waals surface area contributed by atoms with Crippen LogP contribution in [0, 0.1) is 0 Å². The highest BCUT2D eigenvalue weighted by Crippen LogP contribution is 2.29. The minimum atomic E-state index is 0.841. The largest absolute Gasteiger partial charge is 0.497 e. The van der Waals surface area contributed by atoms with E-state index in [-0.39, 0.29) is 0 Å². The van der Waals surface area contributed by atoms with Crippen LogP contribution in [-0.2, 0) is 0 Å². The molecule has 0 radical (unpaired) electrons. The standard InChI is InChI=1S/C16H16BrN3O/c1-19(2)12-8-9-20-14(10-12)15(17)18-16(20)11-4-6-13(21-3)7-5-11/h4-10H,1-3H3. The van der Waals surface area contributed by atoms with Gasteiger partial charge in [-0.15, -0.1) is 0 Å². The number of nitrogens with zero attached hydrogens (tertiary/aromatic N) is 3. The first kappa shape index (κ1) is 13.9. The molecule has 3 rings (SSSR count). The molecule has 0 aliphatic rings. The third-order valence-electron chi connectivity index (χ3n) is 3.45. The van der Waals surface area contributed by atoms with Crippen molar-refractivity contribution in [1.82, 2.24) is 9.38 Å². The third-order valence-corrected chi connectivity index (χ3v) is 4.03. The van der Waals surface area contributed by atoms with Gasteiger partial charge in [-0.25, -0.2) is 4.98 Å². The molecule has 2 aromatic heterocycles. The summed E-state index contributed by atoms with van der Waals surface area (Å²) < 4.78 is 8.12. The second-order valence-corrected chi connectivity index (χ2v) is 5.74. The molecule has 0 aliphatic heterocycles. The molecule has 0 unspecified atom stereocenters. The number of aromatic nitrogens is 2. The highest BCUT2D eigenvalue weighted by molar-refractivity contribution is 9.10. The number of pyridine rings is 1. The second-order valence-electron chi connectivity index (χ2n) is 4.99. The van der Waals surface area contributed by atoms with Gasteiger partial charge in [-0.2, -0.15) is 0 Å². The third kappa shape index (κ3) is 2.49. The van der Waals surface area contributed by atoms with Crippen LogP contribution in [-0.4, -0.2) is 30.6 Å². The van der Waals surface area contributed by atoms with Crippen molar-refractivity contribution in [2.24, 2.45) is 0 Å². The summed E-state index contributed by atoms with van der Waals surface area (Å²) in [6, 6.07) is 12.1. The SMILES string of the molecule is COc1ccc(-c2nc(Br)c3cc(N(C)C)ccn23)cc1.